The van der Waals surface area contributed by atoms with Crippen molar-refractivity contribution in [2.24, 2.45) is 0 Å². The first-order chi connectivity index (χ1) is 12.3. The Hall–Kier alpha value is -2.42. The third-order valence-corrected chi connectivity index (χ3v) is 5.49. The zero-order valence-electron chi connectivity index (χ0n) is 14.2. The average Bonchev–Trinajstić information content (AvgIpc) is 3.07. The first-order valence-corrected chi connectivity index (χ1v) is 9.64. The lowest BCUT2D eigenvalue weighted by Gasteiger charge is -2.14. The zero-order chi connectivity index (χ0) is 18.7. The Labute approximate surface area is 152 Å². The maximum Gasteiger partial charge on any atom is 0.240 e. The molecule has 0 aliphatic carbocycles. The number of rotatable bonds is 6. The van der Waals surface area contributed by atoms with Crippen molar-refractivity contribution in [3.63, 3.8) is 0 Å². The summed E-state index contributed by atoms with van der Waals surface area (Å²) in [5, 5.41) is 12.9. The van der Waals surface area contributed by atoms with Crippen LogP contribution in [0.15, 0.2) is 47.4 Å². The number of benzene rings is 2. The molecule has 1 atom stereocenters. The molecule has 2 aromatic carbocycles. The van der Waals surface area contributed by atoms with Gasteiger partial charge in [-0.05, 0) is 47.5 Å². The summed E-state index contributed by atoms with van der Waals surface area (Å²) in [4.78, 5) is 11.1. The molecule has 1 heterocycles. The van der Waals surface area contributed by atoms with E-state index in [1.807, 2.05) is 6.07 Å². The highest BCUT2D eigenvalue weighted by atomic mass is 32.2. The number of amides is 1. The summed E-state index contributed by atoms with van der Waals surface area (Å²) in [5.41, 5.74) is 2.16. The molecule has 0 saturated carbocycles. The lowest BCUT2D eigenvalue weighted by molar-refractivity contribution is -0.114. The average molecular weight is 376 g/mol. The van der Waals surface area contributed by atoms with E-state index in [1.54, 1.807) is 12.1 Å². The van der Waals surface area contributed by atoms with Crippen LogP contribution in [-0.2, 0) is 21.2 Å². The van der Waals surface area contributed by atoms with Crippen molar-refractivity contribution in [2.45, 2.75) is 24.3 Å². The Morgan fingerprint density at radius 3 is 2.65 bits per heavy atom. The smallest absolute Gasteiger partial charge is 0.240 e. The Kier molecular flexibility index (Phi) is 5.26. The summed E-state index contributed by atoms with van der Waals surface area (Å²) in [5.74, 6) is 0.572. The van der Waals surface area contributed by atoms with Crippen LogP contribution in [0.25, 0.3) is 0 Å². The minimum absolute atomic E-state index is 0.0566. The van der Waals surface area contributed by atoms with E-state index < -0.39 is 16.1 Å². The van der Waals surface area contributed by atoms with Gasteiger partial charge in [0.2, 0.25) is 15.9 Å². The Morgan fingerprint density at radius 2 is 1.96 bits per heavy atom. The van der Waals surface area contributed by atoms with E-state index in [9.17, 15) is 18.3 Å². The topological polar surface area (TPSA) is 105 Å². The number of hydrogen-bond donors (Lipinski definition) is 3. The highest BCUT2D eigenvalue weighted by Gasteiger charge is 2.19. The number of aliphatic hydroxyl groups excluding tert-OH is 1. The molecule has 1 aliphatic rings. The van der Waals surface area contributed by atoms with Crippen molar-refractivity contribution >= 4 is 21.6 Å². The van der Waals surface area contributed by atoms with Crippen LogP contribution < -0.4 is 14.8 Å². The van der Waals surface area contributed by atoms with Crippen molar-refractivity contribution in [1.82, 2.24) is 4.72 Å². The molecule has 1 aliphatic heterocycles. The van der Waals surface area contributed by atoms with Gasteiger partial charge in [-0.25, -0.2) is 13.1 Å². The summed E-state index contributed by atoms with van der Waals surface area (Å²) in [6.45, 7) is 1.85. The van der Waals surface area contributed by atoms with Crippen molar-refractivity contribution in [1.29, 1.82) is 0 Å². The van der Waals surface area contributed by atoms with Gasteiger partial charge in [0.15, 0.2) is 0 Å². The fourth-order valence-electron chi connectivity index (χ4n) is 2.72. The molecule has 7 nitrogen and oxygen atoms in total. The molecule has 3 N–H and O–H groups in total. The highest BCUT2D eigenvalue weighted by Crippen LogP contribution is 2.28. The van der Waals surface area contributed by atoms with Crippen LogP contribution in [0.3, 0.4) is 0 Å². The number of aliphatic hydroxyl groups is 1. The van der Waals surface area contributed by atoms with Crippen LogP contribution in [0.5, 0.6) is 5.75 Å². The van der Waals surface area contributed by atoms with Gasteiger partial charge in [0.1, 0.15) is 5.75 Å². The largest absolute Gasteiger partial charge is 0.493 e. The summed E-state index contributed by atoms with van der Waals surface area (Å²) < 4.78 is 32.5. The van der Waals surface area contributed by atoms with Gasteiger partial charge in [0.25, 0.3) is 0 Å². The van der Waals surface area contributed by atoms with E-state index in [2.05, 4.69) is 10.0 Å². The normalized spacial score (nSPS) is 14.4. The lowest BCUT2D eigenvalue weighted by atomic mass is 10.0. The number of hydrogen-bond acceptors (Lipinski definition) is 5. The van der Waals surface area contributed by atoms with Crippen molar-refractivity contribution < 1.29 is 23.1 Å². The Bertz CT molecular complexity index is 910. The third kappa shape index (κ3) is 4.21. The van der Waals surface area contributed by atoms with Gasteiger partial charge in [0, 0.05) is 25.6 Å². The van der Waals surface area contributed by atoms with E-state index >= 15 is 0 Å². The number of fused-ring (bicyclic) bond motifs is 1. The Morgan fingerprint density at radius 1 is 1.23 bits per heavy atom. The molecular formula is C18H20N2O5S. The number of ether oxygens (including phenoxy) is 1. The maximum atomic E-state index is 12.4. The molecule has 0 aromatic heterocycles. The monoisotopic (exact) mass is 376 g/mol. The van der Waals surface area contributed by atoms with Gasteiger partial charge in [-0.1, -0.05) is 6.07 Å². The number of nitrogens with one attached hydrogen (secondary N) is 2. The van der Waals surface area contributed by atoms with Crippen molar-refractivity contribution in [3.05, 3.63) is 53.6 Å². The second kappa shape index (κ2) is 7.45. The van der Waals surface area contributed by atoms with Crippen LogP contribution in [0.2, 0.25) is 0 Å². The van der Waals surface area contributed by atoms with Gasteiger partial charge in [-0.15, -0.1) is 0 Å². The number of sulfonamides is 1. The molecule has 0 radical (unpaired) electrons. The SMILES string of the molecule is CC(=O)Nc1ccc(S(=O)(=O)NC[C@@H](O)c2ccc3c(c2)CCO3)cc1. The molecule has 3 rings (SSSR count). The van der Waals surface area contributed by atoms with Crippen molar-refractivity contribution in [3.8, 4) is 5.75 Å². The van der Waals surface area contributed by atoms with Gasteiger partial charge >= 0.3 is 0 Å². The molecule has 138 valence electrons. The minimum Gasteiger partial charge on any atom is -0.493 e. The zero-order valence-corrected chi connectivity index (χ0v) is 15.0. The molecule has 0 spiro atoms. The van der Waals surface area contributed by atoms with Gasteiger partial charge < -0.3 is 15.2 Å². The van der Waals surface area contributed by atoms with Gasteiger partial charge in [-0.2, -0.15) is 0 Å². The van der Waals surface area contributed by atoms with Crippen LogP contribution >= 0.6 is 0 Å². The summed E-state index contributed by atoms with van der Waals surface area (Å²) in [6.07, 6.45) is -0.184. The van der Waals surface area contributed by atoms with Gasteiger partial charge in [-0.3, -0.25) is 4.79 Å². The number of anilines is 1. The summed E-state index contributed by atoms with van der Waals surface area (Å²) in [6, 6.07) is 11.2. The second-order valence-electron chi connectivity index (χ2n) is 6.04. The molecular weight excluding hydrogens is 356 g/mol. The predicted octanol–water partition coefficient (Wildman–Crippen LogP) is 1.59. The first-order valence-electron chi connectivity index (χ1n) is 8.16. The molecule has 1 amide bonds. The quantitative estimate of drug-likeness (QED) is 0.710. The fourth-order valence-corrected chi connectivity index (χ4v) is 3.76. The molecule has 2 aromatic rings. The van der Waals surface area contributed by atoms with Crippen LogP contribution in [0.4, 0.5) is 5.69 Å². The lowest BCUT2D eigenvalue weighted by Crippen LogP contribution is -2.28. The maximum absolute atomic E-state index is 12.4. The Balaban J connectivity index is 1.65. The molecule has 8 heteroatoms. The molecule has 0 bridgehead atoms. The fraction of sp³-hybridized carbons (Fsp3) is 0.278. The number of carbonyl (C=O) groups is 1. The van der Waals surface area contributed by atoms with E-state index in [4.69, 9.17) is 4.74 Å². The minimum atomic E-state index is -3.77. The molecule has 0 saturated heterocycles. The van der Waals surface area contributed by atoms with E-state index in [-0.39, 0.29) is 17.3 Å². The van der Waals surface area contributed by atoms with E-state index in [0.717, 1.165) is 17.7 Å². The predicted molar refractivity (Wildman–Crippen MR) is 96.5 cm³/mol. The van der Waals surface area contributed by atoms with E-state index in [0.29, 0.717) is 17.9 Å². The summed E-state index contributed by atoms with van der Waals surface area (Å²) in [7, 11) is -3.77. The molecule has 0 unspecified atom stereocenters. The third-order valence-electron chi connectivity index (χ3n) is 4.05. The van der Waals surface area contributed by atoms with Crippen LogP contribution in [0, 0.1) is 0 Å². The summed E-state index contributed by atoms with van der Waals surface area (Å²) >= 11 is 0. The first kappa shape index (κ1) is 18.4. The second-order valence-corrected chi connectivity index (χ2v) is 7.81. The standard InChI is InChI=1S/C18H20N2O5S/c1-12(21)20-15-3-5-16(6-4-15)26(23,24)19-11-17(22)13-2-7-18-14(10-13)8-9-25-18/h2-7,10,17,19,22H,8-9,11H2,1H3,(H,20,21)/t17-/m1/s1. The molecule has 0 fully saturated rings. The molecule has 26 heavy (non-hydrogen) atoms. The van der Waals surface area contributed by atoms with Crippen LogP contribution in [-0.4, -0.2) is 32.6 Å². The van der Waals surface area contributed by atoms with Crippen molar-refractivity contribution in [2.75, 3.05) is 18.5 Å². The van der Waals surface area contributed by atoms with Crippen LogP contribution in [0.1, 0.15) is 24.2 Å². The highest BCUT2D eigenvalue weighted by molar-refractivity contribution is 7.89. The van der Waals surface area contributed by atoms with E-state index in [1.165, 1.54) is 31.2 Å². The van der Waals surface area contributed by atoms with Gasteiger partial charge in [0.05, 0.1) is 17.6 Å². The number of carbonyl (C=O) groups excluding carboxylic acids is 1.